The van der Waals surface area contributed by atoms with Crippen molar-refractivity contribution in [2.24, 2.45) is 0 Å². The summed E-state index contributed by atoms with van der Waals surface area (Å²) in [6.07, 6.45) is 8.10. The molecule has 5 nitrogen and oxygen atoms in total. The van der Waals surface area contributed by atoms with Gasteiger partial charge in [-0.05, 0) is 110 Å². The Balaban J connectivity index is 1.16. The Morgan fingerprint density at radius 3 is 2.48 bits per heavy atom. The molecule has 1 N–H and O–H groups in total. The number of aryl methyl sites for hydroxylation is 1. The molecule has 3 aromatic rings. The molecule has 2 aliphatic heterocycles. The summed E-state index contributed by atoms with van der Waals surface area (Å²) < 4.78 is 26.6. The molecule has 40 heavy (non-hydrogen) atoms. The molecule has 0 radical (unpaired) electrons. The fourth-order valence-corrected chi connectivity index (χ4v) is 7.27. The highest BCUT2D eigenvalue weighted by atomic mass is 19.1. The number of benzene rings is 3. The van der Waals surface area contributed by atoms with E-state index in [4.69, 9.17) is 9.47 Å². The number of anilines is 1. The van der Waals surface area contributed by atoms with Crippen molar-refractivity contribution in [2.45, 2.75) is 76.4 Å². The highest BCUT2D eigenvalue weighted by Gasteiger charge is 2.38. The number of fused-ring (bicyclic) bond motifs is 3. The molecule has 0 aromatic heterocycles. The number of methoxy groups -OCH3 is 1. The maximum atomic E-state index is 15.1. The number of ether oxygens (including phenoxy) is 2. The van der Waals surface area contributed by atoms with Crippen LogP contribution >= 0.6 is 0 Å². The molecule has 6 heteroatoms. The smallest absolute Gasteiger partial charge is 0.165 e. The lowest BCUT2D eigenvalue weighted by atomic mass is 9.79. The van der Waals surface area contributed by atoms with Gasteiger partial charge in [-0.15, -0.1) is 0 Å². The number of halogens is 1. The number of phenols is 1. The SMILES string of the molecule is CCN(Cc1ccc(OCCN2C3CCC2CC3)c(F)c1)c1cc(OC)ccc1C1CCc2cc(O)ccc2C1. The molecule has 6 rings (SSSR count). The third-order valence-electron chi connectivity index (χ3n) is 9.40. The normalized spacial score (nSPS) is 21.8. The highest BCUT2D eigenvalue weighted by Crippen LogP contribution is 2.40. The van der Waals surface area contributed by atoms with Crippen LogP contribution in [0.2, 0.25) is 0 Å². The van der Waals surface area contributed by atoms with Crippen molar-refractivity contribution in [3.63, 3.8) is 0 Å². The Morgan fingerprint density at radius 2 is 1.75 bits per heavy atom. The van der Waals surface area contributed by atoms with Crippen LogP contribution in [0.3, 0.4) is 0 Å². The molecule has 0 spiro atoms. The minimum Gasteiger partial charge on any atom is -0.508 e. The number of hydrogen-bond acceptors (Lipinski definition) is 5. The molecule has 1 atom stereocenters. The lowest BCUT2D eigenvalue weighted by Gasteiger charge is -2.32. The minimum absolute atomic E-state index is 0.295. The van der Waals surface area contributed by atoms with Crippen LogP contribution in [0.4, 0.5) is 10.1 Å². The third kappa shape index (κ3) is 5.51. The molecule has 1 unspecified atom stereocenters. The van der Waals surface area contributed by atoms with Gasteiger partial charge in [-0.3, -0.25) is 4.90 Å². The maximum Gasteiger partial charge on any atom is 0.165 e. The number of nitrogens with zero attached hydrogens (tertiary/aromatic N) is 2. The molecule has 3 aromatic carbocycles. The van der Waals surface area contributed by atoms with E-state index in [1.807, 2.05) is 18.2 Å². The molecular formula is C34H41FN2O3. The van der Waals surface area contributed by atoms with E-state index in [0.29, 0.717) is 42.7 Å². The van der Waals surface area contributed by atoms with Crippen molar-refractivity contribution < 1.29 is 19.0 Å². The van der Waals surface area contributed by atoms with E-state index in [0.717, 1.165) is 49.4 Å². The van der Waals surface area contributed by atoms with E-state index >= 15 is 4.39 Å². The molecule has 3 aliphatic rings. The zero-order chi connectivity index (χ0) is 27.6. The molecular weight excluding hydrogens is 503 g/mol. The van der Waals surface area contributed by atoms with Gasteiger partial charge in [-0.1, -0.05) is 18.2 Å². The van der Waals surface area contributed by atoms with E-state index in [-0.39, 0.29) is 5.82 Å². The summed E-state index contributed by atoms with van der Waals surface area (Å²) in [4.78, 5) is 4.87. The fraction of sp³-hybridized carbons (Fsp3) is 0.471. The standard InChI is InChI=1S/C34H41FN2O3/c1-3-36(22-23-4-15-34(32(35)18-23)40-17-16-37-27-8-9-28(37)11-10-27)33-21-30(39-2)13-14-31(33)26-6-5-25-20-29(38)12-7-24(25)19-26/h4,7,12-15,18,20-21,26-28,38H,3,5-6,8-11,16-17,19,22H2,1-2H3. The van der Waals surface area contributed by atoms with E-state index in [9.17, 15) is 5.11 Å². The second-order valence-electron chi connectivity index (χ2n) is 11.6. The van der Waals surface area contributed by atoms with Crippen molar-refractivity contribution in [3.8, 4) is 17.2 Å². The lowest BCUT2D eigenvalue weighted by Crippen LogP contribution is -2.32. The first-order valence-electron chi connectivity index (χ1n) is 14.9. The molecule has 2 bridgehead atoms. The molecule has 2 saturated heterocycles. The Kier molecular flexibility index (Phi) is 7.88. The fourth-order valence-electron chi connectivity index (χ4n) is 7.27. The third-order valence-corrected chi connectivity index (χ3v) is 9.40. The zero-order valence-corrected chi connectivity index (χ0v) is 23.7. The van der Waals surface area contributed by atoms with Crippen molar-refractivity contribution in [1.29, 1.82) is 0 Å². The summed E-state index contributed by atoms with van der Waals surface area (Å²) in [7, 11) is 1.70. The second-order valence-corrected chi connectivity index (χ2v) is 11.6. The van der Waals surface area contributed by atoms with Crippen LogP contribution in [-0.2, 0) is 19.4 Å². The van der Waals surface area contributed by atoms with Gasteiger partial charge in [0.25, 0.3) is 0 Å². The molecule has 2 fully saturated rings. The van der Waals surface area contributed by atoms with E-state index < -0.39 is 0 Å². The Hall–Kier alpha value is -3.25. The monoisotopic (exact) mass is 544 g/mol. The van der Waals surface area contributed by atoms with Crippen LogP contribution in [0, 0.1) is 5.82 Å². The Bertz CT molecular complexity index is 1320. The summed E-state index contributed by atoms with van der Waals surface area (Å²) in [6, 6.07) is 18.9. The summed E-state index contributed by atoms with van der Waals surface area (Å²) in [5, 5.41) is 9.91. The predicted octanol–water partition coefficient (Wildman–Crippen LogP) is 6.84. The highest BCUT2D eigenvalue weighted by molar-refractivity contribution is 5.60. The van der Waals surface area contributed by atoms with Gasteiger partial charge in [0.2, 0.25) is 0 Å². The molecule has 0 saturated carbocycles. The minimum atomic E-state index is -0.295. The van der Waals surface area contributed by atoms with Crippen LogP contribution in [0.5, 0.6) is 17.2 Å². The van der Waals surface area contributed by atoms with Crippen LogP contribution in [-0.4, -0.2) is 48.9 Å². The quantitative estimate of drug-likeness (QED) is 0.303. The lowest BCUT2D eigenvalue weighted by molar-refractivity contribution is 0.190. The molecule has 212 valence electrons. The van der Waals surface area contributed by atoms with E-state index in [1.165, 1.54) is 42.4 Å². The first kappa shape index (κ1) is 26.9. The number of hydrogen-bond donors (Lipinski definition) is 1. The largest absolute Gasteiger partial charge is 0.508 e. The Morgan fingerprint density at radius 1 is 0.950 bits per heavy atom. The van der Waals surface area contributed by atoms with Gasteiger partial charge in [-0.2, -0.15) is 0 Å². The summed E-state index contributed by atoms with van der Waals surface area (Å²) in [6.45, 7) is 4.94. The van der Waals surface area contributed by atoms with Gasteiger partial charge >= 0.3 is 0 Å². The molecule has 2 heterocycles. The number of aromatic hydroxyl groups is 1. The van der Waals surface area contributed by atoms with Crippen molar-refractivity contribution in [1.82, 2.24) is 4.90 Å². The second kappa shape index (κ2) is 11.7. The summed E-state index contributed by atoms with van der Waals surface area (Å²) in [5.41, 5.74) is 5.88. The maximum absolute atomic E-state index is 15.1. The predicted molar refractivity (Wildman–Crippen MR) is 157 cm³/mol. The van der Waals surface area contributed by atoms with Gasteiger partial charge < -0.3 is 19.5 Å². The van der Waals surface area contributed by atoms with Crippen LogP contribution in [0.15, 0.2) is 54.6 Å². The van der Waals surface area contributed by atoms with Gasteiger partial charge in [0.1, 0.15) is 18.1 Å². The summed E-state index contributed by atoms with van der Waals surface area (Å²) >= 11 is 0. The van der Waals surface area contributed by atoms with Crippen molar-refractivity contribution in [2.75, 3.05) is 31.7 Å². The average Bonchev–Trinajstić information content (AvgIpc) is 3.55. The van der Waals surface area contributed by atoms with Gasteiger partial charge in [-0.25, -0.2) is 4.39 Å². The van der Waals surface area contributed by atoms with Crippen molar-refractivity contribution in [3.05, 3.63) is 82.7 Å². The molecule has 0 amide bonds. The number of phenolic OH excluding ortho intramolecular Hbond substituents is 1. The van der Waals surface area contributed by atoms with Crippen LogP contribution in [0.25, 0.3) is 0 Å². The van der Waals surface area contributed by atoms with Gasteiger partial charge in [0.05, 0.1) is 7.11 Å². The molecule has 1 aliphatic carbocycles. The van der Waals surface area contributed by atoms with Crippen LogP contribution in [0.1, 0.15) is 67.2 Å². The Labute approximate surface area is 237 Å². The first-order chi connectivity index (χ1) is 19.5. The van der Waals surface area contributed by atoms with E-state index in [2.05, 4.69) is 34.9 Å². The van der Waals surface area contributed by atoms with Gasteiger partial charge in [0.15, 0.2) is 11.6 Å². The topological polar surface area (TPSA) is 45.2 Å². The van der Waals surface area contributed by atoms with Gasteiger partial charge in [0, 0.05) is 43.5 Å². The van der Waals surface area contributed by atoms with Crippen LogP contribution < -0.4 is 14.4 Å². The van der Waals surface area contributed by atoms with Crippen molar-refractivity contribution >= 4 is 5.69 Å². The van der Waals surface area contributed by atoms with E-state index in [1.54, 1.807) is 25.3 Å². The zero-order valence-electron chi connectivity index (χ0n) is 23.7. The first-order valence-corrected chi connectivity index (χ1v) is 14.9. The summed E-state index contributed by atoms with van der Waals surface area (Å²) in [5.74, 6) is 1.56. The average molecular weight is 545 g/mol. The number of rotatable bonds is 10.